The second-order valence-electron chi connectivity index (χ2n) is 6.11. The van der Waals surface area contributed by atoms with Gasteiger partial charge in [0.2, 0.25) is 0 Å². The normalized spacial score (nSPS) is 25.5. The Balaban J connectivity index is 1.61. The molecule has 1 amide bonds. The summed E-state index contributed by atoms with van der Waals surface area (Å²) in [6.07, 6.45) is 0.706. The first-order chi connectivity index (χ1) is 11.1. The standard InChI is InChI=1S/C17H22N2O4/c20-16(19-8-4-7-14(19)17(21)22)15-12-18(9-10-23-15)11-13-5-2-1-3-6-13/h1-3,5-6,14-15H,4,7-12H2,(H,21,22)/t14-,15-/m0/s1. The highest BCUT2D eigenvalue weighted by Crippen LogP contribution is 2.21. The Morgan fingerprint density at radius 2 is 2.00 bits per heavy atom. The molecule has 0 aromatic heterocycles. The SMILES string of the molecule is O=C(O)[C@@H]1CCCN1C(=O)[C@@H]1CN(Cc2ccccc2)CCO1. The molecule has 1 aromatic carbocycles. The number of carbonyl (C=O) groups is 2. The molecule has 2 saturated heterocycles. The predicted molar refractivity (Wildman–Crippen MR) is 83.8 cm³/mol. The Kier molecular flexibility index (Phi) is 4.93. The number of carboxylic acids is 1. The molecule has 2 aliphatic rings. The maximum absolute atomic E-state index is 12.6. The highest BCUT2D eigenvalue weighted by atomic mass is 16.5. The molecule has 6 nitrogen and oxygen atoms in total. The average molecular weight is 318 g/mol. The van der Waals surface area contributed by atoms with E-state index in [9.17, 15) is 14.7 Å². The van der Waals surface area contributed by atoms with Crippen molar-refractivity contribution in [1.29, 1.82) is 0 Å². The summed E-state index contributed by atoms with van der Waals surface area (Å²) >= 11 is 0. The van der Waals surface area contributed by atoms with Crippen LogP contribution in [-0.4, -0.2) is 65.2 Å². The van der Waals surface area contributed by atoms with Crippen LogP contribution in [0.25, 0.3) is 0 Å². The lowest BCUT2D eigenvalue weighted by molar-refractivity contribution is -0.157. The number of benzene rings is 1. The Labute approximate surface area is 135 Å². The highest BCUT2D eigenvalue weighted by Gasteiger charge is 2.38. The van der Waals surface area contributed by atoms with Crippen molar-refractivity contribution in [1.82, 2.24) is 9.80 Å². The van der Waals surface area contributed by atoms with Crippen molar-refractivity contribution in [2.45, 2.75) is 31.5 Å². The molecule has 2 fully saturated rings. The molecule has 3 rings (SSSR count). The van der Waals surface area contributed by atoms with Crippen LogP contribution in [0.5, 0.6) is 0 Å². The minimum atomic E-state index is -0.923. The summed E-state index contributed by atoms with van der Waals surface area (Å²) in [6, 6.07) is 9.41. The molecule has 2 atom stereocenters. The average Bonchev–Trinajstić information content (AvgIpc) is 3.05. The summed E-state index contributed by atoms with van der Waals surface area (Å²) in [4.78, 5) is 27.5. The van der Waals surface area contributed by atoms with Gasteiger partial charge < -0.3 is 14.7 Å². The number of carboxylic acid groups (broad SMARTS) is 1. The smallest absolute Gasteiger partial charge is 0.326 e. The zero-order valence-corrected chi connectivity index (χ0v) is 13.1. The third-order valence-corrected chi connectivity index (χ3v) is 4.50. The Bertz CT molecular complexity index is 563. The van der Waals surface area contributed by atoms with Gasteiger partial charge in [0.25, 0.3) is 5.91 Å². The van der Waals surface area contributed by atoms with Crippen LogP contribution in [0.2, 0.25) is 0 Å². The van der Waals surface area contributed by atoms with E-state index in [1.54, 1.807) is 0 Å². The highest BCUT2D eigenvalue weighted by molar-refractivity contribution is 5.87. The van der Waals surface area contributed by atoms with Gasteiger partial charge in [-0.25, -0.2) is 4.79 Å². The van der Waals surface area contributed by atoms with E-state index in [1.165, 1.54) is 10.5 Å². The molecule has 124 valence electrons. The topological polar surface area (TPSA) is 70.1 Å². The summed E-state index contributed by atoms with van der Waals surface area (Å²) in [6.45, 7) is 3.07. The molecule has 0 bridgehead atoms. The molecule has 6 heteroatoms. The van der Waals surface area contributed by atoms with Crippen LogP contribution >= 0.6 is 0 Å². The zero-order valence-electron chi connectivity index (χ0n) is 13.1. The monoisotopic (exact) mass is 318 g/mol. The number of carbonyl (C=O) groups excluding carboxylic acids is 1. The van der Waals surface area contributed by atoms with Crippen molar-refractivity contribution in [2.75, 3.05) is 26.2 Å². The number of nitrogens with zero attached hydrogens (tertiary/aromatic N) is 2. The fourth-order valence-electron chi connectivity index (χ4n) is 3.31. The summed E-state index contributed by atoms with van der Waals surface area (Å²) in [5.74, 6) is -1.11. The van der Waals surface area contributed by atoms with Gasteiger partial charge in [-0.05, 0) is 18.4 Å². The van der Waals surface area contributed by atoms with E-state index in [4.69, 9.17) is 4.74 Å². The Hall–Kier alpha value is -1.92. The number of ether oxygens (including phenoxy) is 1. The van der Waals surface area contributed by atoms with E-state index < -0.39 is 18.1 Å². The molecule has 0 unspecified atom stereocenters. The van der Waals surface area contributed by atoms with Gasteiger partial charge in [0.05, 0.1) is 6.61 Å². The van der Waals surface area contributed by atoms with Crippen molar-refractivity contribution in [2.24, 2.45) is 0 Å². The number of morpholine rings is 1. The van der Waals surface area contributed by atoms with E-state index in [0.717, 1.165) is 19.5 Å². The van der Waals surface area contributed by atoms with Crippen LogP contribution < -0.4 is 0 Å². The zero-order chi connectivity index (χ0) is 16.2. The van der Waals surface area contributed by atoms with Crippen LogP contribution in [0.15, 0.2) is 30.3 Å². The van der Waals surface area contributed by atoms with Crippen molar-refractivity contribution >= 4 is 11.9 Å². The van der Waals surface area contributed by atoms with Crippen molar-refractivity contribution < 1.29 is 19.4 Å². The molecule has 2 aliphatic heterocycles. The molecule has 23 heavy (non-hydrogen) atoms. The van der Waals surface area contributed by atoms with E-state index in [1.807, 2.05) is 18.2 Å². The van der Waals surface area contributed by atoms with Crippen LogP contribution in [-0.2, 0) is 20.9 Å². The van der Waals surface area contributed by atoms with E-state index in [0.29, 0.717) is 26.1 Å². The summed E-state index contributed by atoms with van der Waals surface area (Å²) < 4.78 is 5.62. The summed E-state index contributed by atoms with van der Waals surface area (Å²) in [7, 11) is 0. The first-order valence-electron chi connectivity index (χ1n) is 8.06. The van der Waals surface area contributed by atoms with Crippen LogP contribution in [0.3, 0.4) is 0 Å². The van der Waals surface area contributed by atoms with Gasteiger partial charge in [-0.1, -0.05) is 30.3 Å². The van der Waals surface area contributed by atoms with Crippen LogP contribution in [0.4, 0.5) is 0 Å². The van der Waals surface area contributed by atoms with Gasteiger partial charge in [0.1, 0.15) is 12.1 Å². The minimum absolute atomic E-state index is 0.187. The second kappa shape index (κ2) is 7.10. The van der Waals surface area contributed by atoms with Gasteiger partial charge in [-0.3, -0.25) is 9.69 Å². The van der Waals surface area contributed by atoms with Gasteiger partial charge in [0.15, 0.2) is 0 Å². The quantitative estimate of drug-likeness (QED) is 0.895. The molecule has 1 N–H and O–H groups in total. The number of hydrogen-bond acceptors (Lipinski definition) is 4. The number of aliphatic carboxylic acids is 1. The Morgan fingerprint density at radius 3 is 2.74 bits per heavy atom. The first kappa shape index (κ1) is 16.0. The molecule has 2 heterocycles. The number of likely N-dealkylation sites (tertiary alicyclic amines) is 1. The molecule has 0 saturated carbocycles. The molecule has 0 aliphatic carbocycles. The third-order valence-electron chi connectivity index (χ3n) is 4.50. The van der Waals surface area contributed by atoms with Gasteiger partial charge in [0, 0.05) is 26.2 Å². The van der Waals surface area contributed by atoms with Crippen LogP contribution in [0.1, 0.15) is 18.4 Å². The largest absolute Gasteiger partial charge is 0.480 e. The molecular weight excluding hydrogens is 296 g/mol. The number of amides is 1. The molecular formula is C17H22N2O4. The minimum Gasteiger partial charge on any atom is -0.480 e. The lowest BCUT2D eigenvalue weighted by atomic mass is 10.1. The summed E-state index contributed by atoms with van der Waals surface area (Å²) in [5, 5.41) is 9.23. The third kappa shape index (κ3) is 3.71. The van der Waals surface area contributed by atoms with Crippen molar-refractivity contribution in [3.8, 4) is 0 Å². The molecule has 0 spiro atoms. The number of rotatable bonds is 4. The van der Waals surface area contributed by atoms with Crippen molar-refractivity contribution in [3.05, 3.63) is 35.9 Å². The predicted octanol–water partition coefficient (Wildman–Crippen LogP) is 0.963. The maximum atomic E-state index is 12.6. The lowest BCUT2D eigenvalue weighted by Crippen LogP contribution is -2.53. The number of hydrogen-bond donors (Lipinski definition) is 1. The van der Waals surface area contributed by atoms with Crippen molar-refractivity contribution in [3.63, 3.8) is 0 Å². The van der Waals surface area contributed by atoms with Crippen LogP contribution in [0, 0.1) is 0 Å². The van der Waals surface area contributed by atoms with E-state index >= 15 is 0 Å². The molecule has 1 aromatic rings. The second-order valence-corrected chi connectivity index (χ2v) is 6.11. The fourth-order valence-corrected chi connectivity index (χ4v) is 3.31. The lowest BCUT2D eigenvalue weighted by Gasteiger charge is -2.34. The van der Waals surface area contributed by atoms with Gasteiger partial charge in [-0.15, -0.1) is 0 Å². The van der Waals surface area contributed by atoms with Gasteiger partial charge in [-0.2, -0.15) is 0 Å². The maximum Gasteiger partial charge on any atom is 0.326 e. The fraction of sp³-hybridized carbons (Fsp3) is 0.529. The van der Waals surface area contributed by atoms with Gasteiger partial charge >= 0.3 is 5.97 Å². The summed E-state index contributed by atoms with van der Waals surface area (Å²) in [5.41, 5.74) is 1.20. The first-order valence-corrected chi connectivity index (χ1v) is 8.06. The van der Waals surface area contributed by atoms with E-state index in [-0.39, 0.29) is 5.91 Å². The Morgan fingerprint density at radius 1 is 1.22 bits per heavy atom. The van der Waals surface area contributed by atoms with E-state index in [2.05, 4.69) is 17.0 Å². The molecule has 0 radical (unpaired) electrons.